The normalized spacial score (nSPS) is 11.7. The molecule has 0 fully saturated rings. The molecule has 5 nitrogen and oxygen atoms in total. The second-order valence-electron chi connectivity index (χ2n) is 5.61. The van der Waals surface area contributed by atoms with Crippen LogP contribution in [0, 0.1) is 0 Å². The van der Waals surface area contributed by atoms with Crippen molar-refractivity contribution in [2.75, 3.05) is 11.9 Å². The minimum atomic E-state index is -0.116. The minimum absolute atomic E-state index is 0.0256. The molecule has 1 heterocycles. The van der Waals surface area contributed by atoms with Crippen LogP contribution in [0.1, 0.15) is 18.7 Å². The number of rotatable bonds is 7. The third kappa shape index (κ3) is 4.96. The topological polar surface area (TPSA) is 63.5 Å². The first kappa shape index (κ1) is 16.8. The number of amides is 1. The van der Waals surface area contributed by atoms with Crippen LogP contribution in [-0.4, -0.2) is 12.5 Å². The van der Waals surface area contributed by atoms with E-state index in [2.05, 4.69) is 10.6 Å². The van der Waals surface area contributed by atoms with Crippen LogP contribution in [0.3, 0.4) is 0 Å². The molecule has 0 bridgehead atoms. The smallest absolute Gasteiger partial charge is 0.238 e. The quantitative estimate of drug-likeness (QED) is 0.673. The number of para-hydroxylation sites is 1. The molecule has 128 valence electrons. The van der Waals surface area contributed by atoms with Crippen LogP contribution in [0.2, 0.25) is 0 Å². The lowest BCUT2D eigenvalue weighted by Gasteiger charge is -2.12. The first-order valence-electron chi connectivity index (χ1n) is 8.10. The van der Waals surface area contributed by atoms with Crippen LogP contribution in [0.15, 0.2) is 77.4 Å². The highest BCUT2D eigenvalue weighted by atomic mass is 16.5. The zero-order chi connectivity index (χ0) is 17.5. The summed E-state index contributed by atoms with van der Waals surface area (Å²) in [7, 11) is 0. The molecule has 0 radical (unpaired) electrons. The van der Waals surface area contributed by atoms with E-state index in [9.17, 15) is 4.79 Å². The van der Waals surface area contributed by atoms with Gasteiger partial charge in [-0.3, -0.25) is 10.1 Å². The molecule has 0 saturated carbocycles. The fraction of sp³-hybridized carbons (Fsp3) is 0.150. The zero-order valence-electron chi connectivity index (χ0n) is 13.9. The van der Waals surface area contributed by atoms with Gasteiger partial charge in [0.25, 0.3) is 0 Å². The molecule has 0 unspecified atom stereocenters. The number of benzene rings is 2. The van der Waals surface area contributed by atoms with Crippen molar-refractivity contribution in [3.05, 3.63) is 78.8 Å². The molecule has 1 aromatic heterocycles. The second kappa shape index (κ2) is 8.17. The van der Waals surface area contributed by atoms with Gasteiger partial charge in [0.05, 0.1) is 18.8 Å². The van der Waals surface area contributed by atoms with Gasteiger partial charge in [-0.15, -0.1) is 0 Å². The van der Waals surface area contributed by atoms with Gasteiger partial charge < -0.3 is 14.5 Å². The molecule has 3 aromatic rings. The van der Waals surface area contributed by atoms with Gasteiger partial charge in [-0.25, -0.2) is 0 Å². The van der Waals surface area contributed by atoms with Crippen molar-refractivity contribution in [1.29, 1.82) is 0 Å². The number of hydrogen-bond acceptors (Lipinski definition) is 4. The van der Waals surface area contributed by atoms with E-state index in [0.717, 1.165) is 17.2 Å². The summed E-state index contributed by atoms with van der Waals surface area (Å²) in [6, 6.07) is 20.5. The summed E-state index contributed by atoms with van der Waals surface area (Å²) in [5, 5.41) is 5.96. The summed E-state index contributed by atoms with van der Waals surface area (Å²) in [6.07, 6.45) is 1.62. The van der Waals surface area contributed by atoms with Gasteiger partial charge in [-0.1, -0.05) is 18.2 Å². The van der Waals surface area contributed by atoms with Crippen molar-refractivity contribution >= 4 is 11.6 Å². The van der Waals surface area contributed by atoms with E-state index in [1.807, 2.05) is 73.7 Å². The Morgan fingerprint density at radius 1 is 1.00 bits per heavy atom. The summed E-state index contributed by atoms with van der Waals surface area (Å²) >= 11 is 0. The summed E-state index contributed by atoms with van der Waals surface area (Å²) in [5.74, 6) is 2.18. The number of ether oxygens (including phenoxy) is 1. The van der Waals surface area contributed by atoms with Crippen molar-refractivity contribution < 1.29 is 13.9 Å². The lowest BCUT2D eigenvalue weighted by Crippen LogP contribution is -2.29. The van der Waals surface area contributed by atoms with Crippen molar-refractivity contribution in [2.45, 2.75) is 13.0 Å². The van der Waals surface area contributed by atoms with E-state index in [4.69, 9.17) is 9.15 Å². The highest BCUT2D eigenvalue weighted by Gasteiger charge is 2.10. The van der Waals surface area contributed by atoms with Gasteiger partial charge in [0.15, 0.2) is 0 Å². The van der Waals surface area contributed by atoms with E-state index < -0.39 is 0 Å². The van der Waals surface area contributed by atoms with Crippen LogP contribution in [0.25, 0.3) is 0 Å². The van der Waals surface area contributed by atoms with Gasteiger partial charge in [0.1, 0.15) is 17.3 Å². The summed E-state index contributed by atoms with van der Waals surface area (Å²) in [4.78, 5) is 12.0. The molecule has 1 atom stereocenters. The van der Waals surface area contributed by atoms with E-state index in [1.165, 1.54) is 0 Å². The fourth-order valence-electron chi connectivity index (χ4n) is 2.32. The van der Waals surface area contributed by atoms with Crippen molar-refractivity contribution in [2.24, 2.45) is 0 Å². The molecule has 0 spiro atoms. The maximum Gasteiger partial charge on any atom is 0.238 e. The molecular weight excluding hydrogens is 316 g/mol. The van der Waals surface area contributed by atoms with E-state index in [-0.39, 0.29) is 18.5 Å². The largest absolute Gasteiger partial charge is 0.468 e. The van der Waals surface area contributed by atoms with Gasteiger partial charge in [0.2, 0.25) is 5.91 Å². The van der Waals surface area contributed by atoms with Crippen LogP contribution < -0.4 is 15.4 Å². The fourth-order valence-corrected chi connectivity index (χ4v) is 2.32. The summed E-state index contributed by atoms with van der Waals surface area (Å²) < 4.78 is 11.0. The summed E-state index contributed by atoms with van der Waals surface area (Å²) in [6.45, 7) is 2.14. The number of carbonyl (C=O) groups excluding carboxylic acids is 1. The SMILES string of the molecule is C[C@H](NCC(=O)Nc1ccc(Oc2ccccc2)cc1)c1ccco1. The molecule has 0 aliphatic heterocycles. The highest BCUT2D eigenvalue weighted by Crippen LogP contribution is 2.22. The Morgan fingerprint density at radius 2 is 1.72 bits per heavy atom. The standard InChI is InChI=1S/C20H20N2O3/c1-15(19-8-5-13-24-19)21-14-20(23)22-16-9-11-18(12-10-16)25-17-6-3-2-4-7-17/h2-13,15,21H,14H2,1H3,(H,22,23)/t15-/m0/s1. The molecule has 3 rings (SSSR count). The first-order chi connectivity index (χ1) is 12.2. The minimum Gasteiger partial charge on any atom is -0.468 e. The lowest BCUT2D eigenvalue weighted by molar-refractivity contribution is -0.115. The molecule has 0 aliphatic rings. The van der Waals surface area contributed by atoms with Crippen LogP contribution >= 0.6 is 0 Å². The number of hydrogen-bond donors (Lipinski definition) is 2. The van der Waals surface area contributed by atoms with E-state index in [0.29, 0.717) is 5.75 Å². The van der Waals surface area contributed by atoms with Gasteiger partial charge in [0, 0.05) is 5.69 Å². The average Bonchev–Trinajstić information content (AvgIpc) is 3.17. The Bertz CT molecular complexity index is 784. The highest BCUT2D eigenvalue weighted by molar-refractivity contribution is 5.92. The number of furan rings is 1. The Hall–Kier alpha value is -3.05. The molecule has 2 aromatic carbocycles. The molecule has 25 heavy (non-hydrogen) atoms. The van der Waals surface area contributed by atoms with Crippen molar-refractivity contribution in [3.63, 3.8) is 0 Å². The monoisotopic (exact) mass is 336 g/mol. The number of anilines is 1. The van der Waals surface area contributed by atoms with Crippen LogP contribution in [0.4, 0.5) is 5.69 Å². The Morgan fingerprint density at radius 3 is 2.40 bits per heavy atom. The third-order valence-electron chi connectivity index (χ3n) is 3.66. The molecule has 2 N–H and O–H groups in total. The second-order valence-corrected chi connectivity index (χ2v) is 5.61. The zero-order valence-corrected chi connectivity index (χ0v) is 13.9. The van der Waals surface area contributed by atoms with E-state index in [1.54, 1.807) is 6.26 Å². The molecule has 1 amide bonds. The molecule has 0 aliphatic carbocycles. The Balaban J connectivity index is 1.48. The van der Waals surface area contributed by atoms with Gasteiger partial charge in [-0.05, 0) is 55.5 Å². The molecule has 0 saturated heterocycles. The van der Waals surface area contributed by atoms with Crippen molar-refractivity contribution in [3.8, 4) is 11.5 Å². The van der Waals surface area contributed by atoms with Crippen molar-refractivity contribution in [1.82, 2.24) is 5.32 Å². The third-order valence-corrected chi connectivity index (χ3v) is 3.66. The average molecular weight is 336 g/mol. The van der Waals surface area contributed by atoms with E-state index >= 15 is 0 Å². The van der Waals surface area contributed by atoms with Crippen LogP contribution in [-0.2, 0) is 4.79 Å². The predicted molar refractivity (Wildman–Crippen MR) is 96.7 cm³/mol. The van der Waals surface area contributed by atoms with Gasteiger partial charge >= 0.3 is 0 Å². The Labute approximate surface area is 146 Å². The maximum atomic E-state index is 12.0. The maximum absolute atomic E-state index is 12.0. The number of carbonyl (C=O) groups is 1. The first-order valence-corrected chi connectivity index (χ1v) is 8.10. The van der Waals surface area contributed by atoms with Crippen LogP contribution in [0.5, 0.6) is 11.5 Å². The predicted octanol–water partition coefficient (Wildman–Crippen LogP) is 4.36. The molecule has 5 heteroatoms. The lowest BCUT2D eigenvalue weighted by atomic mass is 10.2. The number of nitrogens with one attached hydrogen (secondary N) is 2. The van der Waals surface area contributed by atoms with Gasteiger partial charge in [-0.2, -0.15) is 0 Å². The molecular formula is C20H20N2O3. The summed E-state index contributed by atoms with van der Waals surface area (Å²) in [5.41, 5.74) is 0.720. The Kier molecular flexibility index (Phi) is 5.49.